The number of hydrogen-bond acceptors (Lipinski definition) is 3. The molecule has 2 N–H and O–H groups in total. The Morgan fingerprint density at radius 2 is 1.57 bits per heavy atom. The van der Waals surface area contributed by atoms with Crippen LogP contribution in [0.15, 0.2) is 18.2 Å². The van der Waals surface area contributed by atoms with Crippen molar-refractivity contribution in [3.63, 3.8) is 0 Å². The van der Waals surface area contributed by atoms with Crippen molar-refractivity contribution < 1.29 is 13.9 Å². The molecule has 0 heterocycles. The Kier molecular flexibility index (Phi) is 6.30. The van der Waals surface area contributed by atoms with Crippen LogP contribution in [0, 0.1) is 5.82 Å². The van der Waals surface area contributed by atoms with Crippen molar-refractivity contribution >= 4 is 5.69 Å². The monoisotopic (exact) mass is 295 g/mol. The third-order valence-electron chi connectivity index (χ3n) is 4.21. The lowest BCUT2D eigenvalue weighted by Gasteiger charge is -2.13. The molecular weight excluding hydrogens is 269 g/mol. The molecule has 21 heavy (non-hydrogen) atoms. The zero-order chi connectivity index (χ0) is 15.1. The lowest BCUT2D eigenvalue weighted by Crippen LogP contribution is -2.11. The van der Waals surface area contributed by atoms with E-state index >= 15 is 0 Å². The van der Waals surface area contributed by atoms with E-state index in [-0.39, 0.29) is 11.5 Å². The largest absolute Gasteiger partial charge is 0.490 e. The van der Waals surface area contributed by atoms with E-state index in [0.717, 1.165) is 12.8 Å². The van der Waals surface area contributed by atoms with Gasteiger partial charge >= 0.3 is 0 Å². The average Bonchev–Trinajstić information content (AvgIpc) is 3.16. The number of nitrogens with two attached hydrogens (primary N) is 1. The summed E-state index contributed by atoms with van der Waals surface area (Å²) < 4.78 is 23.6. The van der Waals surface area contributed by atoms with E-state index in [2.05, 4.69) is 0 Å². The van der Waals surface area contributed by atoms with Gasteiger partial charge in [0.25, 0.3) is 0 Å². The maximum absolute atomic E-state index is 12.8. The highest BCUT2D eigenvalue weighted by molar-refractivity contribution is 5.45. The summed E-state index contributed by atoms with van der Waals surface area (Å²) in [5.41, 5.74) is 5.59. The highest BCUT2D eigenvalue weighted by atomic mass is 19.1. The van der Waals surface area contributed by atoms with Crippen LogP contribution in [-0.2, 0) is 4.74 Å². The number of benzene rings is 1. The summed E-state index contributed by atoms with van der Waals surface area (Å²) in [6.45, 7) is 0. The first-order valence-electron chi connectivity index (χ1n) is 7.93. The molecule has 3 rings (SSSR count). The molecule has 2 aliphatic carbocycles. The summed E-state index contributed by atoms with van der Waals surface area (Å²) in [4.78, 5) is 0. The molecule has 118 valence electrons. The lowest BCUT2D eigenvalue weighted by atomic mass is 10.2. The third-order valence-corrected chi connectivity index (χ3v) is 4.21. The van der Waals surface area contributed by atoms with Crippen LogP contribution < -0.4 is 10.5 Å². The topological polar surface area (TPSA) is 44.5 Å². The average molecular weight is 295 g/mol. The molecule has 1 aromatic rings. The van der Waals surface area contributed by atoms with Crippen LogP contribution >= 0.6 is 0 Å². The first-order valence-corrected chi connectivity index (χ1v) is 7.93. The molecule has 1 aromatic carbocycles. The second-order valence-electron chi connectivity index (χ2n) is 5.85. The molecule has 0 radical (unpaired) electrons. The van der Waals surface area contributed by atoms with E-state index in [1.54, 1.807) is 19.2 Å². The fourth-order valence-corrected chi connectivity index (χ4v) is 2.92. The van der Waals surface area contributed by atoms with Gasteiger partial charge in [-0.25, -0.2) is 4.39 Å². The predicted octanol–water partition coefficient (Wildman–Crippen LogP) is 4.30. The van der Waals surface area contributed by atoms with E-state index < -0.39 is 0 Å². The quantitative estimate of drug-likeness (QED) is 0.845. The van der Waals surface area contributed by atoms with Gasteiger partial charge in [0.15, 0.2) is 0 Å². The SMILES string of the molecule is COC1CCCC1.Nc1cc(OC2CCCC2)ccc1F. The van der Waals surface area contributed by atoms with Crippen LogP contribution in [0.4, 0.5) is 10.1 Å². The molecule has 0 amide bonds. The zero-order valence-electron chi connectivity index (χ0n) is 12.8. The van der Waals surface area contributed by atoms with E-state index in [4.69, 9.17) is 15.2 Å². The Morgan fingerprint density at radius 3 is 2.05 bits per heavy atom. The molecule has 2 aliphatic rings. The Labute approximate surface area is 126 Å². The Hall–Kier alpha value is -1.29. The van der Waals surface area contributed by atoms with E-state index in [1.165, 1.54) is 44.6 Å². The summed E-state index contributed by atoms with van der Waals surface area (Å²) in [5, 5.41) is 0. The van der Waals surface area contributed by atoms with Crippen LogP contribution in [0.1, 0.15) is 51.4 Å². The maximum atomic E-state index is 12.8. The summed E-state index contributed by atoms with van der Waals surface area (Å²) >= 11 is 0. The maximum Gasteiger partial charge on any atom is 0.146 e. The van der Waals surface area contributed by atoms with Gasteiger partial charge in [-0.1, -0.05) is 12.8 Å². The summed E-state index contributed by atoms with van der Waals surface area (Å²) in [5.74, 6) is 0.291. The summed E-state index contributed by atoms with van der Waals surface area (Å²) in [7, 11) is 1.80. The van der Waals surface area contributed by atoms with E-state index in [0.29, 0.717) is 18.0 Å². The Bertz CT molecular complexity index is 427. The zero-order valence-corrected chi connectivity index (χ0v) is 12.8. The Morgan fingerprint density at radius 1 is 1.00 bits per heavy atom. The van der Waals surface area contributed by atoms with E-state index in [1.807, 2.05) is 0 Å². The van der Waals surface area contributed by atoms with Gasteiger partial charge in [0.05, 0.1) is 17.9 Å². The highest BCUT2D eigenvalue weighted by Crippen LogP contribution is 2.26. The summed E-state index contributed by atoms with van der Waals surface area (Å²) in [6, 6.07) is 4.53. The van der Waals surface area contributed by atoms with Crippen molar-refractivity contribution in [3.05, 3.63) is 24.0 Å². The van der Waals surface area contributed by atoms with Gasteiger partial charge in [-0.3, -0.25) is 0 Å². The second-order valence-corrected chi connectivity index (χ2v) is 5.85. The standard InChI is InChI=1S/C11H14FNO.C6H12O/c12-10-6-5-9(7-11(10)13)14-8-3-1-2-4-8;1-7-6-4-2-3-5-6/h5-8H,1-4,13H2;6H,2-5H2,1H3. The van der Waals surface area contributed by atoms with Gasteiger partial charge in [0.2, 0.25) is 0 Å². The molecule has 2 fully saturated rings. The van der Waals surface area contributed by atoms with Crippen LogP contribution in [0.5, 0.6) is 5.75 Å². The predicted molar refractivity (Wildman–Crippen MR) is 83.0 cm³/mol. The number of rotatable bonds is 3. The van der Waals surface area contributed by atoms with Crippen LogP contribution in [0.3, 0.4) is 0 Å². The van der Waals surface area contributed by atoms with Crippen LogP contribution in [0.25, 0.3) is 0 Å². The fraction of sp³-hybridized carbons (Fsp3) is 0.647. The molecule has 4 heteroatoms. The molecule has 0 aromatic heterocycles. The minimum Gasteiger partial charge on any atom is -0.490 e. The van der Waals surface area contributed by atoms with E-state index in [9.17, 15) is 4.39 Å². The highest BCUT2D eigenvalue weighted by Gasteiger charge is 2.16. The van der Waals surface area contributed by atoms with Crippen molar-refractivity contribution in [1.29, 1.82) is 0 Å². The fourth-order valence-electron chi connectivity index (χ4n) is 2.92. The minimum absolute atomic E-state index is 0.153. The molecule has 0 unspecified atom stereocenters. The number of ether oxygens (including phenoxy) is 2. The number of methoxy groups -OCH3 is 1. The molecule has 0 aliphatic heterocycles. The summed E-state index contributed by atoms with van der Waals surface area (Å²) in [6.07, 6.45) is 10.8. The van der Waals surface area contributed by atoms with Crippen molar-refractivity contribution in [2.45, 2.75) is 63.6 Å². The van der Waals surface area contributed by atoms with Gasteiger partial charge in [-0.15, -0.1) is 0 Å². The molecule has 0 atom stereocenters. The van der Waals surface area contributed by atoms with Gasteiger partial charge in [0, 0.05) is 13.2 Å². The molecular formula is C17H26FNO2. The molecule has 0 bridgehead atoms. The Balaban J connectivity index is 0.000000194. The number of anilines is 1. The van der Waals surface area contributed by atoms with Crippen molar-refractivity contribution in [3.8, 4) is 5.75 Å². The third kappa shape index (κ3) is 5.20. The lowest BCUT2D eigenvalue weighted by molar-refractivity contribution is 0.109. The second kappa shape index (κ2) is 8.23. The van der Waals surface area contributed by atoms with Crippen molar-refractivity contribution in [1.82, 2.24) is 0 Å². The van der Waals surface area contributed by atoms with Crippen LogP contribution in [0.2, 0.25) is 0 Å². The van der Waals surface area contributed by atoms with Gasteiger partial charge < -0.3 is 15.2 Å². The molecule has 0 spiro atoms. The molecule has 0 saturated heterocycles. The smallest absolute Gasteiger partial charge is 0.146 e. The first kappa shape index (κ1) is 16.1. The number of halogens is 1. The molecule has 3 nitrogen and oxygen atoms in total. The van der Waals surface area contributed by atoms with Gasteiger partial charge in [0.1, 0.15) is 11.6 Å². The van der Waals surface area contributed by atoms with Crippen molar-refractivity contribution in [2.75, 3.05) is 12.8 Å². The number of hydrogen-bond donors (Lipinski definition) is 1. The minimum atomic E-state index is -0.385. The first-order chi connectivity index (χ1) is 10.2. The van der Waals surface area contributed by atoms with Crippen LogP contribution in [-0.4, -0.2) is 19.3 Å². The van der Waals surface area contributed by atoms with Gasteiger partial charge in [-0.2, -0.15) is 0 Å². The van der Waals surface area contributed by atoms with Crippen molar-refractivity contribution in [2.24, 2.45) is 0 Å². The molecule has 2 saturated carbocycles. The number of nitrogen functional groups attached to an aromatic ring is 1. The normalized spacial score (nSPS) is 19.3. The van der Waals surface area contributed by atoms with Gasteiger partial charge in [-0.05, 0) is 50.7 Å².